The summed E-state index contributed by atoms with van der Waals surface area (Å²) in [5.74, 6) is -0.677. The number of hydrogen-bond acceptors (Lipinski definition) is 4. The lowest BCUT2D eigenvalue weighted by Gasteiger charge is -2.36. The van der Waals surface area contributed by atoms with Crippen LogP contribution in [0.5, 0.6) is 0 Å². The summed E-state index contributed by atoms with van der Waals surface area (Å²) in [7, 11) is 0. The average molecular weight is 416 g/mol. The number of pyridine rings is 1. The molecule has 0 spiro atoms. The van der Waals surface area contributed by atoms with E-state index in [4.69, 9.17) is 0 Å². The Kier molecular flexibility index (Phi) is 6.43. The smallest absolute Gasteiger partial charge is 0.256 e. The number of carbonyl (C=O) groups excluding carboxylic acids is 2. The Morgan fingerprint density at radius 1 is 1.17 bits per heavy atom. The number of nitrogens with zero attached hydrogens (tertiary/aromatic N) is 3. The van der Waals surface area contributed by atoms with Crippen LogP contribution in [0.3, 0.4) is 0 Å². The molecule has 30 heavy (non-hydrogen) atoms. The molecule has 1 fully saturated rings. The Balaban J connectivity index is 2.00. The molecule has 0 unspecified atom stereocenters. The fourth-order valence-corrected chi connectivity index (χ4v) is 3.72. The van der Waals surface area contributed by atoms with Crippen molar-refractivity contribution in [2.24, 2.45) is 5.92 Å². The van der Waals surface area contributed by atoms with Crippen molar-refractivity contribution < 1.29 is 14.0 Å². The van der Waals surface area contributed by atoms with E-state index in [0.717, 1.165) is 0 Å². The molecule has 2 aromatic rings. The molecule has 0 saturated carbocycles. The van der Waals surface area contributed by atoms with Crippen LogP contribution in [-0.4, -0.2) is 54.0 Å². The maximum Gasteiger partial charge on any atom is 0.256 e. The van der Waals surface area contributed by atoms with Crippen LogP contribution >= 0.6 is 0 Å². The molecule has 1 aromatic heterocycles. The maximum atomic E-state index is 15.0. The van der Waals surface area contributed by atoms with Gasteiger partial charge < -0.3 is 19.7 Å². The Morgan fingerprint density at radius 3 is 2.40 bits per heavy atom. The Labute approximate surface area is 175 Å². The molecule has 1 N–H and O–H groups in total. The number of piperazine rings is 1. The second-order valence-corrected chi connectivity index (χ2v) is 8.08. The van der Waals surface area contributed by atoms with Gasteiger partial charge in [-0.1, -0.05) is 13.8 Å². The summed E-state index contributed by atoms with van der Waals surface area (Å²) in [6.45, 7) is 10.5. The second kappa shape index (κ2) is 8.85. The van der Waals surface area contributed by atoms with E-state index in [1.807, 2.05) is 25.7 Å². The van der Waals surface area contributed by atoms with Crippen LogP contribution in [0.2, 0.25) is 0 Å². The number of carbonyl (C=O) groups is 2. The third-order valence-electron chi connectivity index (χ3n) is 5.47. The van der Waals surface area contributed by atoms with Crippen molar-refractivity contribution in [2.45, 2.75) is 34.2 Å². The molecule has 0 bridgehead atoms. The van der Waals surface area contributed by atoms with Crippen molar-refractivity contribution in [3.05, 3.63) is 39.9 Å². The van der Waals surface area contributed by atoms with E-state index < -0.39 is 17.2 Å². The molecular formula is C22H29FN4O3. The number of hydrogen-bond donors (Lipinski definition) is 1. The summed E-state index contributed by atoms with van der Waals surface area (Å²) in [4.78, 5) is 40.6. The molecule has 0 atom stereocenters. The molecule has 2 heterocycles. The van der Waals surface area contributed by atoms with Crippen LogP contribution in [0.15, 0.2) is 23.1 Å². The van der Waals surface area contributed by atoms with E-state index >= 15 is 0 Å². The molecule has 1 aliphatic heterocycles. The van der Waals surface area contributed by atoms with Gasteiger partial charge in [-0.3, -0.25) is 14.4 Å². The molecule has 7 nitrogen and oxygen atoms in total. The van der Waals surface area contributed by atoms with Crippen LogP contribution in [0.1, 0.15) is 38.1 Å². The Bertz CT molecular complexity index is 1020. The molecule has 8 heteroatoms. The molecule has 1 aliphatic rings. The van der Waals surface area contributed by atoms with Gasteiger partial charge in [-0.25, -0.2) is 4.39 Å². The van der Waals surface area contributed by atoms with Gasteiger partial charge in [-0.2, -0.15) is 0 Å². The summed E-state index contributed by atoms with van der Waals surface area (Å²) >= 11 is 0. The van der Waals surface area contributed by atoms with Crippen molar-refractivity contribution in [3.63, 3.8) is 0 Å². The van der Waals surface area contributed by atoms with Gasteiger partial charge >= 0.3 is 0 Å². The van der Waals surface area contributed by atoms with E-state index in [9.17, 15) is 18.8 Å². The first-order valence-electron chi connectivity index (χ1n) is 10.4. The number of aromatic nitrogens is 1. The maximum absolute atomic E-state index is 15.0. The number of benzene rings is 1. The van der Waals surface area contributed by atoms with Crippen LogP contribution in [0, 0.1) is 11.7 Å². The average Bonchev–Trinajstić information content (AvgIpc) is 2.72. The molecule has 0 aliphatic carbocycles. The van der Waals surface area contributed by atoms with Crippen LogP contribution in [0.25, 0.3) is 10.9 Å². The topological polar surface area (TPSA) is 74.7 Å². The lowest BCUT2D eigenvalue weighted by molar-refractivity contribution is -0.129. The largest absolute Gasteiger partial charge is 0.366 e. The number of amides is 2. The first-order valence-corrected chi connectivity index (χ1v) is 10.4. The number of halogens is 1. The molecule has 0 radical (unpaired) electrons. The number of nitrogens with one attached hydrogen (secondary N) is 1. The summed E-state index contributed by atoms with van der Waals surface area (Å²) in [6, 6.07) is 2.91. The zero-order chi connectivity index (χ0) is 22.0. The molecule has 2 amide bonds. The SMILES string of the molecule is CCn1cc(C(=O)NCC(C)C)c(=O)c2cc(F)c(N3CCN(C(C)=O)CC3)cc21. The first-order chi connectivity index (χ1) is 14.2. The van der Waals surface area contributed by atoms with E-state index in [2.05, 4.69) is 5.32 Å². The van der Waals surface area contributed by atoms with Gasteiger partial charge in [0.15, 0.2) is 0 Å². The fraction of sp³-hybridized carbons (Fsp3) is 0.500. The van der Waals surface area contributed by atoms with Gasteiger partial charge in [-0.05, 0) is 25.0 Å². The van der Waals surface area contributed by atoms with Crippen molar-refractivity contribution in [1.82, 2.24) is 14.8 Å². The van der Waals surface area contributed by atoms with E-state index in [-0.39, 0.29) is 22.8 Å². The van der Waals surface area contributed by atoms with Gasteiger partial charge in [0.25, 0.3) is 5.91 Å². The van der Waals surface area contributed by atoms with Gasteiger partial charge in [0.05, 0.1) is 11.2 Å². The lowest BCUT2D eigenvalue weighted by Crippen LogP contribution is -2.48. The number of anilines is 1. The lowest BCUT2D eigenvalue weighted by atomic mass is 10.1. The molecule has 1 saturated heterocycles. The van der Waals surface area contributed by atoms with Crippen molar-refractivity contribution in [2.75, 3.05) is 37.6 Å². The molecule has 3 rings (SSSR count). The number of rotatable bonds is 5. The standard InChI is InChI=1S/C22H29FN4O3/c1-5-25-13-17(22(30)24-12-14(2)3)21(29)16-10-18(23)20(11-19(16)25)27-8-6-26(7-9-27)15(4)28/h10-11,13-14H,5-9,12H2,1-4H3,(H,24,30). The highest BCUT2D eigenvalue weighted by atomic mass is 19.1. The van der Waals surface area contributed by atoms with Gasteiger partial charge in [0.1, 0.15) is 11.4 Å². The van der Waals surface area contributed by atoms with Crippen molar-refractivity contribution in [3.8, 4) is 0 Å². The number of fused-ring (bicyclic) bond motifs is 1. The highest BCUT2D eigenvalue weighted by Crippen LogP contribution is 2.26. The normalized spacial score (nSPS) is 14.5. The Morgan fingerprint density at radius 2 is 1.83 bits per heavy atom. The highest BCUT2D eigenvalue weighted by molar-refractivity contribution is 5.97. The van der Waals surface area contributed by atoms with Crippen LogP contribution in [-0.2, 0) is 11.3 Å². The van der Waals surface area contributed by atoms with Crippen LogP contribution in [0.4, 0.5) is 10.1 Å². The van der Waals surface area contributed by atoms with Crippen molar-refractivity contribution in [1.29, 1.82) is 0 Å². The zero-order valence-corrected chi connectivity index (χ0v) is 18.0. The third-order valence-corrected chi connectivity index (χ3v) is 5.47. The minimum atomic E-state index is -0.502. The monoisotopic (exact) mass is 416 g/mol. The summed E-state index contributed by atoms with van der Waals surface area (Å²) in [5.41, 5.74) is 0.549. The predicted octanol–water partition coefficient (Wildman–Crippen LogP) is 2.21. The minimum absolute atomic E-state index is 0.0109. The summed E-state index contributed by atoms with van der Waals surface area (Å²) in [6.07, 6.45) is 1.55. The van der Waals surface area contributed by atoms with Gasteiger partial charge in [0, 0.05) is 57.8 Å². The Hall–Kier alpha value is -2.90. The quantitative estimate of drug-likeness (QED) is 0.811. The number of aryl methyl sites for hydroxylation is 1. The van der Waals surface area contributed by atoms with E-state index in [1.54, 1.807) is 21.7 Å². The van der Waals surface area contributed by atoms with Gasteiger partial charge in [0.2, 0.25) is 11.3 Å². The first kappa shape index (κ1) is 21.8. The fourth-order valence-electron chi connectivity index (χ4n) is 3.72. The van der Waals surface area contributed by atoms with Crippen LogP contribution < -0.4 is 15.6 Å². The minimum Gasteiger partial charge on any atom is -0.366 e. The molecular weight excluding hydrogens is 387 g/mol. The summed E-state index contributed by atoms with van der Waals surface area (Å²) < 4.78 is 16.8. The predicted molar refractivity (Wildman–Crippen MR) is 115 cm³/mol. The molecule has 1 aromatic carbocycles. The zero-order valence-electron chi connectivity index (χ0n) is 18.0. The third kappa shape index (κ3) is 4.32. The highest BCUT2D eigenvalue weighted by Gasteiger charge is 2.23. The van der Waals surface area contributed by atoms with E-state index in [1.165, 1.54) is 13.0 Å². The van der Waals surface area contributed by atoms with E-state index in [0.29, 0.717) is 50.5 Å². The van der Waals surface area contributed by atoms with Crippen molar-refractivity contribution >= 4 is 28.4 Å². The molecule has 162 valence electrons. The second-order valence-electron chi connectivity index (χ2n) is 8.08. The van der Waals surface area contributed by atoms with Gasteiger partial charge in [-0.15, -0.1) is 0 Å². The summed E-state index contributed by atoms with van der Waals surface area (Å²) in [5, 5.41) is 2.95.